The lowest BCUT2D eigenvalue weighted by atomic mass is 9.96. The predicted octanol–water partition coefficient (Wildman–Crippen LogP) is 3.87. The second-order valence-corrected chi connectivity index (χ2v) is 8.43. The molecule has 5 nitrogen and oxygen atoms in total. The molecule has 3 heterocycles. The lowest BCUT2D eigenvalue weighted by Gasteiger charge is -2.27. The molecule has 3 fully saturated rings. The fourth-order valence-corrected chi connectivity index (χ4v) is 5.32. The van der Waals surface area contributed by atoms with Crippen LogP contribution < -0.4 is 0 Å². The van der Waals surface area contributed by atoms with E-state index in [2.05, 4.69) is 6.07 Å². The maximum Gasteiger partial charge on any atom is 0.158 e. The Bertz CT molecular complexity index is 418. The van der Waals surface area contributed by atoms with Crippen LogP contribution in [0.2, 0.25) is 0 Å². The van der Waals surface area contributed by atoms with Crippen LogP contribution in [0.3, 0.4) is 0 Å². The Morgan fingerprint density at radius 2 is 1.76 bits per heavy atom. The van der Waals surface area contributed by atoms with Gasteiger partial charge >= 0.3 is 0 Å². The Morgan fingerprint density at radius 1 is 0.960 bits per heavy atom. The summed E-state index contributed by atoms with van der Waals surface area (Å²) in [7, 11) is 0. The maximum atomic E-state index is 9.59. The van der Waals surface area contributed by atoms with Crippen LogP contribution in [0.5, 0.6) is 0 Å². The van der Waals surface area contributed by atoms with Gasteiger partial charge < -0.3 is 18.9 Å². The van der Waals surface area contributed by atoms with Gasteiger partial charge in [0.05, 0.1) is 31.3 Å². The molecule has 6 heteroatoms. The van der Waals surface area contributed by atoms with Crippen molar-refractivity contribution in [2.45, 2.75) is 81.7 Å². The Kier molecular flexibility index (Phi) is 8.35. The van der Waals surface area contributed by atoms with Crippen molar-refractivity contribution < 1.29 is 18.9 Å². The summed E-state index contributed by atoms with van der Waals surface area (Å²) in [6.07, 6.45) is 10.2. The van der Waals surface area contributed by atoms with Crippen LogP contribution in [0.1, 0.15) is 57.8 Å². The molecule has 3 aliphatic rings. The van der Waals surface area contributed by atoms with Crippen LogP contribution in [0.15, 0.2) is 0 Å². The van der Waals surface area contributed by atoms with E-state index in [0.717, 1.165) is 57.7 Å². The average Bonchev–Trinajstić information content (AvgIpc) is 3.28. The Hall–Kier alpha value is -0.320. The standard InChI is InChI=1S/C19H31NO4S/c20-13-15-16(24-19-9-5-6-10-21-19)14-25-17(15)7-3-1-2-4-8-18-22-11-12-23-18/h15-19H,1-12,14H2. The molecule has 0 aliphatic carbocycles. The van der Waals surface area contributed by atoms with Gasteiger partial charge in [-0.2, -0.15) is 17.0 Å². The summed E-state index contributed by atoms with van der Waals surface area (Å²) < 4.78 is 22.7. The number of hydrogen-bond acceptors (Lipinski definition) is 6. The normalized spacial score (nSPS) is 33.6. The van der Waals surface area contributed by atoms with Crippen molar-refractivity contribution in [2.24, 2.45) is 5.92 Å². The molecule has 3 saturated heterocycles. The first-order valence-corrected chi connectivity index (χ1v) is 10.9. The second-order valence-electron chi connectivity index (χ2n) is 7.16. The molecule has 0 spiro atoms. The van der Waals surface area contributed by atoms with Crippen molar-refractivity contribution in [3.05, 3.63) is 0 Å². The molecule has 3 aliphatic heterocycles. The van der Waals surface area contributed by atoms with Gasteiger partial charge in [0.15, 0.2) is 12.6 Å². The number of nitrogens with zero attached hydrogens (tertiary/aromatic N) is 1. The smallest absolute Gasteiger partial charge is 0.158 e. The van der Waals surface area contributed by atoms with E-state index in [9.17, 15) is 5.26 Å². The molecule has 0 aromatic carbocycles. The third-order valence-corrected chi connectivity index (χ3v) is 6.74. The SMILES string of the molecule is N#CC1C(OC2CCCCO2)CSC1CCCCCCC1OCCO1. The zero-order valence-electron chi connectivity index (χ0n) is 15.1. The van der Waals surface area contributed by atoms with E-state index in [4.69, 9.17) is 18.9 Å². The van der Waals surface area contributed by atoms with Crippen molar-refractivity contribution in [2.75, 3.05) is 25.6 Å². The lowest BCUT2D eigenvalue weighted by molar-refractivity contribution is -0.188. The Morgan fingerprint density at radius 3 is 2.48 bits per heavy atom. The first-order valence-electron chi connectivity index (χ1n) is 9.88. The molecule has 3 rings (SSSR count). The molecule has 0 radical (unpaired) electrons. The average molecular weight is 370 g/mol. The van der Waals surface area contributed by atoms with Gasteiger partial charge in [-0.25, -0.2) is 0 Å². The van der Waals surface area contributed by atoms with Crippen molar-refractivity contribution >= 4 is 11.8 Å². The van der Waals surface area contributed by atoms with Gasteiger partial charge in [0, 0.05) is 17.6 Å². The Labute approximate surface area is 155 Å². The molecule has 0 amide bonds. The highest BCUT2D eigenvalue weighted by atomic mass is 32.2. The Balaban J connectivity index is 1.28. The molecule has 0 aromatic rings. The number of rotatable bonds is 9. The molecule has 4 atom stereocenters. The number of thioether (sulfide) groups is 1. The van der Waals surface area contributed by atoms with Gasteiger partial charge in [-0.3, -0.25) is 0 Å². The van der Waals surface area contributed by atoms with Gasteiger partial charge in [-0.15, -0.1) is 0 Å². The molecule has 0 N–H and O–H groups in total. The summed E-state index contributed by atoms with van der Waals surface area (Å²) >= 11 is 1.91. The van der Waals surface area contributed by atoms with Crippen LogP contribution in [0.25, 0.3) is 0 Å². The third-order valence-electron chi connectivity index (χ3n) is 5.26. The van der Waals surface area contributed by atoms with E-state index >= 15 is 0 Å². The highest BCUT2D eigenvalue weighted by Crippen LogP contribution is 2.38. The second kappa shape index (κ2) is 10.7. The largest absolute Gasteiger partial charge is 0.353 e. The van der Waals surface area contributed by atoms with E-state index in [0.29, 0.717) is 5.25 Å². The van der Waals surface area contributed by atoms with E-state index in [1.807, 2.05) is 11.8 Å². The van der Waals surface area contributed by atoms with Gasteiger partial charge in [0.25, 0.3) is 0 Å². The fourth-order valence-electron chi connectivity index (χ4n) is 3.82. The van der Waals surface area contributed by atoms with Gasteiger partial charge in [0.1, 0.15) is 0 Å². The number of unbranched alkanes of at least 4 members (excludes halogenated alkanes) is 3. The highest BCUT2D eigenvalue weighted by Gasteiger charge is 2.39. The lowest BCUT2D eigenvalue weighted by Crippen LogP contribution is -2.33. The summed E-state index contributed by atoms with van der Waals surface area (Å²) in [4.78, 5) is 0. The molecule has 25 heavy (non-hydrogen) atoms. The summed E-state index contributed by atoms with van der Waals surface area (Å²) in [5.41, 5.74) is 0. The summed E-state index contributed by atoms with van der Waals surface area (Å²) in [5, 5.41) is 10.0. The van der Waals surface area contributed by atoms with Crippen LogP contribution >= 0.6 is 11.8 Å². The fraction of sp³-hybridized carbons (Fsp3) is 0.947. The number of hydrogen-bond donors (Lipinski definition) is 0. The minimum atomic E-state index is -0.0889. The van der Waals surface area contributed by atoms with Crippen LogP contribution in [-0.2, 0) is 18.9 Å². The summed E-state index contributed by atoms with van der Waals surface area (Å²) in [5.74, 6) is 0.940. The minimum Gasteiger partial charge on any atom is -0.353 e. The maximum absolute atomic E-state index is 9.59. The molecular formula is C19H31NO4S. The first kappa shape index (κ1) is 19.4. The van der Waals surface area contributed by atoms with E-state index in [1.165, 1.54) is 25.7 Å². The summed E-state index contributed by atoms with van der Waals surface area (Å²) in [6.45, 7) is 2.28. The van der Waals surface area contributed by atoms with E-state index in [-0.39, 0.29) is 24.6 Å². The number of ether oxygens (including phenoxy) is 4. The van der Waals surface area contributed by atoms with E-state index < -0.39 is 0 Å². The molecular weight excluding hydrogens is 338 g/mol. The van der Waals surface area contributed by atoms with Crippen molar-refractivity contribution in [3.63, 3.8) is 0 Å². The number of nitriles is 1. The highest BCUT2D eigenvalue weighted by molar-refractivity contribution is 8.00. The predicted molar refractivity (Wildman–Crippen MR) is 97.2 cm³/mol. The topological polar surface area (TPSA) is 60.7 Å². The van der Waals surface area contributed by atoms with Gasteiger partial charge in [0.2, 0.25) is 0 Å². The quantitative estimate of drug-likeness (QED) is 0.575. The van der Waals surface area contributed by atoms with Crippen LogP contribution in [0, 0.1) is 17.2 Å². The summed E-state index contributed by atoms with van der Waals surface area (Å²) in [6, 6.07) is 2.51. The van der Waals surface area contributed by atoms with Crippen LogP contribution in [-0.4, -0.2) is 49.5 Å². The van der Waals surface area contributed by atoms with E-state index in [1.54, 1.807) is 0 Å². The zero-order chi connectivity index (χ0) is 17.3. The third kappa shape index (κ3) is 6.11. The molecule has 0 saturated carbocycles. The van der Waals surface area contributed by atoms with Crippen molar-refractivity contribution in [1.82, 2.24) is 0 Å². The monoisotopic (exact) mass is 369 g/mol. The van der Waals surface area contributed by atoms with Gasteiger partial charge in [-0.1, -0.05) is 19.3 Å². The molecule has 4 unspecified atom stereocenters. The molecule has 0 aromatic heterocycles. The van der Waals surface area contributed by atoms with Crippen LogP contribution in [0.4, 0.5) is 0 Å². The van der Waals surface area contributed by atoms with Crippen molar-refractivity contribution in [1.29, 1.82) is 5.26 Å². The molecule has 0 bridgehead atoms. The van der Waals surface area contributed by atoms with Crippen molar-refractivity contribution in [3.8, 4) is 6.07 Å². The zero-order valence-corrected chi connectivity index (χ0v) is 15.9. The van der Waals surface area contributed by atoms with Gasteiger partial charge in [-0.05, 0) is 38.5 Å². The minimum absolute atomic E-state index is 0.0100. The first-order chi connectivity index (χ1) is 12.4. The molecule has 142 valence electrons.